The van der Waals surface area contributed by atoms with Crippen molar-refractivity contribution in [1.29, 1.82) is 0 Å². The number of nitrogens with zero attached hydrogens (tertiary/aromatic N) is 2. The molecule has 1 saturated heterocycles. The first kappa shape index (κ1) is 14.4. The monoisotopic (exact) mass is 243 g/mol. The first-order chi connectivity index (χ1) is 8.22. The molecule has 100 valence electrons. The molecule has 1 rings (SSSR count). The predicted molar refractivity (Wildman–Crippen MR) is 68.1 cm³/mol. The highest BCUT2D eigenvalue weighted by molar-refractivity contribution is 5.69. The van der Waals surface area contributed by atoms with E-state index in [-0.39, 0.29) is 5.97 Å². The number of nitrogens with one attached hydrogen (secondary N) is 1. The van der Waals surface area contributed by atoms with E-state index in [2.05, 4.69) is 26.9 Å². The Kier molecular flexibility index (Phi) is 7.16. The summed E-state index contributed by atoms with van der Waals surface area (Å²) in [5.74, 6) is -0.111. The minimum Gasteiger partial charge on any atom is -0.469 e. The van der Waals surface area contributed by atoms with Crippen LogP contribution in [-0.4, -0.2) is 75.7 Å². The Morgan fingerprint density at radius 3 is 2.71 bits per heavy atom. The van der Waals surface area contributed by atoms with E-state index in [1.807, 2.05) is 0 Å². The molecule has 1 aliphatic rings. The molecule has 1 aliphatic heterocycles. The van der Waals surface area contributed by atoms with Crippen molar-refractivity contribution in [2.24, 2.45) is 0 Å². The third-order valence-corrected chi connectivity index (χ3v) is 3.16. The summed E-state index contributed by atoms with van der Waals surface area (Å²) in [5.41, 5.74) is 0. The maximum Gasteiger partial charge on any atom is 0.305 e. The van der Waals surface area contributed by atoms with Gasteiger partial charge in [0.05, 0.1) is 7.11 Å². The molecule has 0 unspecified atom stereocenters. The van der Waals surface area contributed by atoms with Crippen LogP contribution in [0, 0.1) is 0 Å². The summed E-state index contributed by atoms with van der Waals surface area (Å²) in [6.45, 7) is 7.66. The van der Waals surface area contributed by atoms with Gasteiger partial charge in [0.25, 0.3) is 0 Å². The quantitative estimate of drug-likeness (QED) is 0.626. The van der Waals surface area contributed by atoms with Gasteiger partial charge in [-0.15, -0.1) is 0 Å². The molecular formula is C12H25N3O2. The van der Waals surface area contributed by atoms with Crippen LogP contribution in [0.5, 0.6) is 0 Å². The zero-order valence-electron chi connectivity index (χ0n) is 11.1. The van der Waals surface area contributed by atoms with Gasteiger partial charge in [0.2, 0.25) is 0 Å². The fourth-order valence-corrected chi connectivity index (χ4v) is 1.95. The smallest absolute Gasteiger partial charge is 0.305 e. The first-order valence-corrected chi connectivity index (χ1v) is 6.41. The summed E-state index contributed by atoms with van der Waals surface area (Å²) in [6, 6.07) is 0. The van der Waals surface area contributed by atoms with Gasteiger partial charge in [0, 0.05) is 45.7 Å². The zero-order valence-corrected chi connectivity index (χ0v) is 11.1. The summed E-state index contributed by atoms with van der Waals surface area (Å²) >= 11 is 0. The molecule has 0 aromatic rings. The van der Waals surface area contributed by atoms with Gasteiger partial charge in [-0.1, -0.05) is 0 Å². The number of rotatable bonds is 7. The molecule has 0 aromatic carbocycles. The Hall–Kier alpha value is -0.650. The topological polar surface area (TPSA) is 44.8 Å². The van der Waals surface area contributed by atoms with Crippen LogP contribution in [0.15, 0.2) is 0 Å². The van der Waals surface area contributed by atoms with Gasteiger partial charge in [0.1, 0.15) is 0 Å². The number of esters is 1. The Labute approximate surface area is 104 Å². The molecule has 0 radical (unpaired) electrons. The van der Waals surface area contributed by atoms with E-state index < -0.39 is 0 Å². The van der Waals surface area contributed by atoms with Gasteiger partial charge in [-0.2, -0.15) is 0 Å². The number of piperazine rings is 1. The molecule has 0 atom stereocenters. The molecule has 17 heavy (non-hydrogen) atoms. The standard InChI is InChI=1S/C12H25N3O2/c1-14(7-3-4-12(16)17-2)10-11-15-8-5-13-6-9-15/h13H,3-11H2,1-2H3. The molecule has 0 aromatic heterocycles. The van der Waals surface area contributed by atoms with Crippen molar-refractivity contribution in [2.45, 2.75) is 12.8 Å². The first-order valence-electron chi connectivity index (χ1n) is 6.41. The van der Waals surface area contributed by atoms with E-state index in [0.29, 0.717) is 6.42 Å². The number of hydrogen-bond donors (Lipinski definition) is 1. The van der Waals surface area contributed by atoms with E-state index in [0.717, 1.165) is 52.2 Å². The third kappa shape index (κ3) is 6.61. The lowest BCUT2D eigenvalue weighted by molar-refractivity contribution is -0.140. The van der Waals surface area contributed by atoms with Gasteiger partial charge in [-0.25, -0.2) is 0 Å². The largest absolute Gasteiger partial charge is 0.469 e. The maximum absolute atomic E-state index is 10.9. The van der Waals surface area contributed by atoms with Crippen LogP contribution in [0.2, 0.25) is 0 Å². The van der Waals surface area contributed by atoms with Gasteiger partial charge < -0.3 is 15.0 Å². The van der Waals surface area contributed by atoms with Crippen LogP contribution in [0.3, 0.4) is 0 Å². The average molecular weight is 243 g/mol. The fourth-order valence-electron chi connectivity index (χ4n) is 1.95. The Morgan fingerprint density at radius 1 is 1.35 bits per heavy atom. The van der Waals surface area contributed by atoms with Gasteiger partial charge >= 0.3 is 5.97 Å². The number of methoxy groups -OCH3 is 1. The molecular weight excluding hydrogens is 218 g/mol. The lowest BCUT2D eigenvalue weighted by Gasteiger charge is -2.29. The number of carbonyl (C=O) groups is 1. The van der Waals surface area contributed by atoms with E-state index >= 15 is 0 Å². The minimum atomic E-state index is -0.111. The van der Waals surface area contributed by atoms with Crippen molar-refractivity contribution < 1.29 is 9.53 Å². The lowest BCUT2D eigenvalue weighted by atomic mass is 10.3. The number of hydrogen-bond acceptors (Lipinski definition) is 5. The van der Waals surface area contributed by atoms with E-state index in [4.69, 9.17) is 0 Å². The van der Waals surface area contributed by atoms with Crippen molar-refractivity contribution in [3.05, 3.63) is 0 Å². The second-order valence-electron chi connectivity index (χ2n) is 4.57. The maximum atomic E-state index is 10.9. The van der Waals surface area contributed by atoms with Crippen LogP contribution < -0.4 is 5.32 Å². The Morgan fingerprint density at radius 2 is 2.06 bits per heavy atom. The third-order valence-electron chi connectivity index (χ3n) is 3.16. The van der Waals surface area contributed by atoms with Crippen LogP contribution in [-0.2, 0) is 9.53 Å². The molecule has 1 N–H and O–H groups in total. The predicted octanol–water partition coefficient (Wildman–Crippen LogP) is -0.223. The molecule has 1 fully saturated rings. The average Bonchev–Trinajstić information content (AvgIpc) is 2.37. The van der Waals surface area contributed by atoms with Crippen LogP contribution >= 0.6 is 0 Å². The molecule has 5 heteroatoms. The van der Waals surface area contributed by atoms with Crippen molar-refractivity contribution in [1.82, 2.24) is 15.1 Å². The Bertz CT molecular complexity index is 218. The SMILES string of the molecule is COC(=O)CCCN(C)CCN1CCNCC1. The highest BCUT2D eigenvalue weighted by Crippen LogP contribution is 1.97. The van der Waals surface area contributed by atoms with Gasteiger partial charge in [0.15, 0.2) is 0 Å². The van der Waals surface area contributed by atoms with Crippen molar-refractivity contribution in [2.75, 3.05) is 60.0 Å². The van der Waals surface area contributed by atoms with Crippen molar-refractivity contribution >= 4 is 5.97 Å². The van der Waals surface area contributed by atoms with E-state index in [1.165, 1.54) is 7.11 Å². The minimum absolute atomic E-state index is 0.111. The second-order valence-corrected chi connectivity index (χ2v) is 4.57. The van der Waals surface area contributed by atoms with Crippen LogP contribution in [0.1, 0.15) is 12.8 Å². The van der Waals surface area contributed by atoms with Gasteiger partial charge in [-0.05, 0) is 20.0 Å². The number of ether oxygens (including phenoxy) is 1. The van der Waals surface area contributed by atoms with Gasteiger partial charge in [-0.3, -0.25) is 9.69 Å². The summed E-state index contributed by atoms with van der Waals surface area (Å²) in [7, 11) is 3.55. The number of likely N-dealkylation sites (N-methyl/N-ethyl adjacent to an activating group) is 1. The fraction of sp³-hybridized carbons (Fsp3) is 0.917. The molecule has 0 saturated carbocycles. The summed E-state index contributed by atoms with van der Waals surface area (Å²) in [5, 5.41) is 3.35. The Balaban J connectivity index is 2.00. The second kappa shape index (κ2) is 8.44. The summed E-state index contributed by atoms with van der Waals surface area (Å²) in [4.78, 5) is 15.7. The number of carbonyl (C=O) groups excluding carboxylic acids is 1. The molecule has 1 heterocycles. The molecule has 5 nitrogen and oxygen atoms in total. The molecule has 0 amide bonds. The highest BCUT2D eigenvalue weighted by atomic mass is 16.5. The van der Waals surface area contributed by atoms with E-state index in [1.54, 1.807) is 0 Å². The summed E-state index contributed by atoms with van der Waals surface area (Å²) in [6.07, 6.45) is 1.40. The van der Waals surface area contributed by atoms with Crippen LogP contribution in [0.4, 0.5) is 0 Å². The highest BCUT2D eigenvalue weighted by Gasteiger charge is 2.10. The lowest BCUT2D eigenvalue weighted by Crippen LogP contribution is -2.46. The zero-order chi connectivity index (χ0) is 12.5. The molecule has 0 aliphatic carbocycles. The van der Waals surface area contributed by atoms with Crippen molar-refractivity contribution in [3.8, 4) is 0 Å². The van der Waals surface area contributed by atoms with Crippen LogP contribution in [0.25, 0.3) is 0 Å². The van der Waals surface area contributed by atoms with Crippen molar-refractivity contribution in [3.63, 3.8) is 0 Å². The van der Waals surface area contributed by atoms with E-state index in [9.17, 15) is 4.79 Å². The normalized spacial score (nSPS) is 17.4. The summed E-state index contributed by atoms with van der Waals surface area (Å²) < 4.78 is 4.61. The molecule has 0 spiro atoms. The molecule has 0 bridgehead atoms.